The molecule has 0 aromatic carbocycles. The average Bonchev–Trinajstić information content (AvgIpc) is 2.24. The van der Waals surface area contributed by atoms with E-state index in [0.717, 1.165) is 6.42 Å². The van der Waals surface area contributed by atoms with Gasteiger partial charge in [0.1, 0.15) is 0 Å². The summed E-state index contributed by atoms with van der Waals surface area (Å²) < 4.78 is 4.80. The van der Waals surface area contributed by atoms with Gasteiger partial charge in [-0.05, 0) is 18.8 Å². The van der Waals surface area contributed by atoms with Gasteiger partial charge in [-0.25, -0.2) is 4.79 Å². The lowest BCUT2D eigenvalue weighted by atomic mass is 9.92. The van der Waals surface area contributed by atoms with Crippen LogP contribution in [-0.2, 0) is 14.3 Å². The number of hydrogen-bond donors (Lipinski definition) is 2. The van der Waals surface area contributed by atoms with E-state index in [9.17, 15) is 14.7 Å². The van der Waals surface area contributed by atoms with Crippen LogP contribution in [0.25, 0.3) is 0 Å². The maximum absolute atomic E-state index is 11.4. The highest BCUT2D eigenvalue weighted by Crippen LogP contribution is 2.17. The van der Waals surface area contributed by atoms with Gasteiger partial charge >= 0.3 is 11.9 Å². The number of rotatable bonds is 8. The second-order valence-corrected chi connectivity index (χ2v) is 4.54. The van der Waals surface area contributed by atoms with E-state index in [4.69, 9.17) is 9.84 Å². The number of aliphatic hydroxyl groups excluding tert-OH is 1. The number of carboxylic acid groups (broad SMARTS) is 1. The van der Waals surface area contributed by atoms with Crippen molar-refractivity contribution < 1.29 is 24.5 Å². The number of ether oxygens (including phenoxy) is 1. The Kier molecular flexibility index (Phi) is 7.54. The molecule has 0 spiro atoms. The Bertz CT molecular complexity index is 249. The van der Waals surface area contributed by atoms with Crippen LogP contribution in [0.15, 0.2) is 0 Å². The van der Waals surface area contributed by atoms with Crippen molar-refractivity contribution in [3.8, 4) is 0 Å². The van der Waals surface area contributed by atoms with E-state index in [0.29, 0.717) is 6.42 Å². The van der Waals surface area contributed by atoms with E-state index in [2.05, 4.69) is 0 Å². The lowest BCUT2D eigenvalue weighted by Crippen LogP contribution is -2.37. The molecule has 100 valence electrons. The maximum Gasteiger partial charge on any atom is 0.335 e. The molecule has 0 aliphatic rings. The highest BCUT2D eigenvalue weighted by atomic mass is 16.5. The summed E-state index contributed by atoms with van der Waals surface area (Å²) >= 11 is 0. The number of carboxylic acids is 1. The third kappa shape index (κ3) is 6.26. The van der Waals surface area contributed by atoms with Crippen molar-refractivity contribution in [3.05, 3.63) is 0 Å². The molecule has 0 heterocycles. The number of unbranched alkanes of at least 4 members (excludes halogenated alkanes) is 1. The number of esters is 1. The van der Waals surface area contributed by atoms with Crippen LogP contribution in [0.2, 0.25) is 0 Å². The van der Waals surface area contributed by atoms with Crippen LogP contribution in [-0.4, -0.2) is 34.9 Å². The van der Waals surface area contributed by atoms with Gasteiger partial charge in [-0.15, -0.1) is 0 Å². The minimum atomic E-state index is -1.58. The van der Waals surface area contributed by atoms with Crippen molar-refractivity contribution >= 4 is 11.9 Å². The molecule has 0 saturated carbocycles. The van der Waals surface area contributed by atoms with Crippen LogP contribution in [0.1, 0.15) is 40.0 Å². The first-order valence-corrected chi connectivity index (χ1v) is 5.97. The van der Waals surface area contributed by atoms with Crippen molar-refractivity contribution in [3.63, 3.8) is 0 Å². The summed E-state index contributed by atoms with van der Waals surface area (Å²) in [7, 11) is 0. The third-order valence-electron chi connectivity index (χ3n) is 2.41. The van der Waals surface area contributed by atoms with Crippen LogP contribution in [0.3, 0.4) is 0 Å². The predicted octanol–water partition coefficient (Wildman–Crippen LogP) is 1.44. The van der Waals surface area contributed by atoms with Gasteiger partial charge in [0.15, 0.2) is 6.10 Å². The van der Waals surface area contributed by atoms with Crippen LogP contribution >= 0.6 is 0 Å². The molecule has 0 aromatic heterocycles. The molecule has 0 unspecified atom stereocenters. The number of carbonyl (C=O) groups is 2. The molecule has 2 atom stereocenters. The zero-order valence-corrected chi connectivity index (χ0v) is 10.7. The first-order valence-electron chi connectivity index (χ1n) is 5.97. The molecule has 0 aliphatic carbocycles. The fourth-order valence-electron chi connectivity index (χ4n) is 1.44. The zero-order valence-electron chi connectivity index (χ0n) is 10.7. The normalized spacial score (nSPS) is 14.4. The lowest BCUT2D eigenvalue weighted by molar-refractivity contribution is -0.164. The van der Waals surface area contributed by atoms with Crippen LogP contribution in [0, 0.1) is 11.8 Å². The summed E-state index contributed by atoms with van der Waals surface area (Å²) in [5, 5.41) is 18.6. The molecule has 17 heavy (non-hydrogen) atoms. The first kappa shape index (κ1) is 15.9. The Balaban J connectivity index is 4.34. The molecule has 0 fully saturated rings. The fraction of sp³-hybridized carbons (Fsp3) is 0.833. The number of aliphatic hydroxyl groups is 1. The molecular formula is C12H22O5. The summed E-state index contributed by atoms with van der Waals surface area (Å²) in [4.78, 5) is 22.4. The van der Waals surface area contributed by atoms with Gasteiger partial charge in [0.25, 0.3) is 0 Å². The average molecular weight is 246 g/mol. The summed E-state index contributed by atoms with van der Waals surface area (Å²) in [6.07, 6.45) is 0.254. The fourth-order valence-corrected chi connectivity index (χ4v) is 1.44. The second kappa shape index (κ2) is 8.06. The number of carbonyl (C=O) groups excluding carboxylic acids is 1. The van der Waals surface area contributed by atoms with Gasteiger partial charge in [-0.2, -0.15) is 0 Å². The van der Waals surface area contributed by atoms with Crippen molar-refractivity contribution in [1.29, 1.82) is 0 Å². The van der Waals surface area contributed by atoms with Crippen molar-refractivity contribution in [1.82, 2.24) is 0 Å². The van der Waals surface area contributed by atoms with E-state index in [1.165, 1.54) is 0 Å². The Morgan fingerprint density at radius 1 is 1.29 bits per heavy atom. The quantitative estimate of drug-likeness (QED) is 0.500. The number of aliphatic carboxylic acids is 1. The Hall–Kier alpha value is -1.10. The molecule has 0 saturated heterocycles. The molecule has 0 aromatic rings. The highest BCUT2D eigenvalue weighted by Gasteiger charge is 2.33. The third-order valence-corrected chi connectivity index (χ3v) is 2.41. The smallest absolute Gasteiger partial charge is 0.335 e. The maximum atomic E-state index is 11.4. The zero-order chi connectivity index (χ0) is 13.4. The second-order valence-electron chi connectivity index (χ2n) is 4.54. The molecule has 5 nitrogen and oxygen atoms in total. The van der Waals surface area contributed by atoms with Crippen molar-refractivity contribution in [2.45, 2.75) is 46.1 Å². The van der Waals surface area contributed by atoms with E-state index >= 15 is 0 Å². The SMILES string of the molecule is CCCCOC(=O)[C@H](O)[C@@H](CC(C)C)C(=O)O. The number of hydrogen-bond acceptors (Lipinski definition) is 4. The molecule has 5 heteroatoms. The van der Waals surface area contributed by atoms with E-state index < -0.39 is 24.0 Å². The molecule has 0 aliphatic heterocycles. The summed E-state index contributed by atoms with van der Waals surface area (Å²) in [6, 6.07) is 0. The van der Waals surface area contributed by atoms with E-state index in [1.54, 1.807) is 0 Å². The summed E-state index contributed by atoms with van der Waals surface area (Å²) in [5.41, 5.74) is 0. The monoisotopic (exact) mass is 246 g/mol. The molecular weight excluding hydrogens is 224 g/mol. The van der Waals surface area contributed by atoms with Gasteiger partial charge in [0.2, 0.25) is 0 Å². The van der Waals surface area contributed by atoms with Gasteiger partial charge in [0, 0.05) is 0 Å². The van der Waals surface area contributed by atoms with Gasteiger partial charge in [-0.1, -0.05) is 27.2 Å². The highest BCUT2D eigenvalue weighted by molar-refractivity contribution is 5.82. The van der Waals surface area contributed by atoms with Crippen LogP contribution in [0.5, 0.6) is 0 Å². The Labute approximate surface area is 102 Å². The van der Waals surface area contributed by atoms with Crippen molar-refractivity contribution in [2.24, 2.45) is 11.8 Å². The van der Waals surface area contributed by atoms with Gasteiger partial charge in [0.05, 0.1) is 12.5 Å². The summed E-state index contributed by atoms with van der Waals surface area (Å²) in [6.45, 7) is 5.85. The standard InChI is InChI=1S/C12H22O5/c1-4-5-6-17-12(16)10(13)9(11(14)15)7-8(2)3/h8-10,13H,4-7H2,1-3H3,(H,14,15)/t9-,10-/m1/s1. The van der Waals surface area contributed by atoms with Gasteiger partial charge < -0.3 is 14.9 Å². The van der Waals surface area contributed by atoms with E-state index in [1.807, 2.05) is 20.8 Å². The van der Waals surface area contributed by atoms with Crippen LogP contribution < -0.4 is 0 Å². The molecule has 0 amide bonds. The largest absolute Gasteiger partial charge is 0.481 e. The van der Waals surface area contributed by atoms with E-state index in [-0.39, 0.29) is 18.9 Å². The predicted molar refractivity (Wildman–Crippen MR) is 62.5 cm³/mol. The minimum Gasteiger partial charge on any atom is -0.481 e. The summed E-state index contributed by atoms with van der Waals surface area (Å²) in [5.74, 6) is -3.01. The topological polar surface area (TPSA) is 83.8 Å². The molecule has 0 rings (SSSR count). The molecule has 0 radical (unpaired) electrons. The Morgan fingerprint density at radius 3 is 2.29 bits per heavy atom. The van der Waals surface area contributed by atoms with Crippen molar-refractivity contribution in [2.75, 3.05) is 6.61 Å². The van der Waals surface area contributed by atoms with Gasteiger partial charge in [-0.3, -0.25) is 4.79 Å². The van der Waals surface area contributed by atoms with Crippen LogP contribution in [0.4, 0.5) is 0 Å². The minimum absolute atomic E-state index is 0.0918. The molecule has 2 N–H and O–H groups in total. The first-order chi connectivity index (χ1) is 7.90. The Morgan fingerprint density at radius 2 is 1.88 bits per heavy atom. The molecule has 0 bridgehead atoms. The lowest BCUT2D eigenvalue weighted by Gasteiger charge is -2.19.